The smallest absolute Gasteiger partial charge is 0.267 e. The summed E-state index contributed by atoms with van der Waals surface area (Å²) >= 11 is 0. The van der Waals surface area contributed by atoms with Gasteiger partial charge in [0.25, 0.3) is 5.91 Å². The number of hydrogen-bond donors (Lipinski definition) is 1. The van der Waals surface area contributed by atoms with Crippen molar-refractivity contribution in [2.45, 2.75) is 26.7 Å². The number of Topliss-reactive ketones (excluding diaryl/α,β-unsaturated/α-hetero) is 1. The molecule has 0 spiro atoms. The average Bonchev–Trinajstić information content (AvgIpc) is 2.81. The van der Waals surface area contributed by atoms with E-state index in [2.05, 4.69) is 17.1 Å². The Bertz CT molecular complexity index is 522. The first-order valence-corrected chi connectivity index (χ1v) is 7.65. The maximum absolute atomic E-state index is 12.1. The maximum atomic E-state index is 12.1. The lowest BCUT2D eigenvalue weighted by molar-refractivity contribution is 0.0935. The Balaban J connectivity index is 1.83. The molecule has 1 fully saturated rings. The number of nitrogens with zero attached hydrogens (tertiary/aromatic N) is 2. The Morgan fingerprint density at radius 2 is 2.19 bits per heavy atom. The number of nitrogens with one attached hydrogen (secondary N) is 1. The van der Waals surface area contributed by atoms with E-state index < -0.39 is 0 Å². The number of hydrogen-bond acceptors (Lipinski definition) is 3. The highest BCUT2D eigenvalue weighted by Gasteiger charge is 2.17. The molecule has 0 radical (unpaired) electrons. The summed E-state index contributed by atoms with van der Waals surface area (Å²) in [6.07, 6.45) is 4.25. The van der Waals surface area contributed by atoms with Crippen molar-refractivity contribution in [2.24, 2.45) is 13.0 Å². The molecule has 1 unspecified atom stereocenters. The van der Waals surface area contributed by atoms with Crippen molar-refractivity contribution in [3.8, 4) is 0 Å². The molecule has 1 amide bonds. The van der Waals surface area contributed by atoms with Gasteiger partial charge >= 0.3 is 0 Å². The number of carbonyl (C=O) groups excluding carboxylic acids is 2. The summed E-state index contributed by atoms with van der Waals surface area (Å²) in [5.74, 6) is 0.613. The summed E-state index contributed by atoms with van der Waals surface area (Å²) in [6, 6.07) is 1.65. The quantitative estimate of drug-likeness (QED) is 0.840. The van der Waals surface area contributed by atoms with Gasteiger partial charge in [0.1, 0.15) is 5.69 Å². The molecule has 1 saturated heterocycles. The lowest BCUT2D eigenvalue weighted by Gasteiger charge is -2.30. The number of ketones is 1. The zero-order valence-corrected chi connectivity index (χ0v) is 13.2. The molecule has 2 rings (SSSR count). The largest absolute Gasteiger partial charge is 0.349 e. The third kappa shape index (κ3) is 4.17. The predicted molar refractivity (Wildman–Crippen MR) is 82.6 cm³/mol. The number of piperidine rings is 1. The van der Waals surface area contributed by atoms with Crippen LogP contribution in [0.25, 0.3) is 0 Å². The zero-order valence-electron chi connectivity index (χ0n) is 13.2. The monoisotopic (exact) mass is 291 g/mol. The molecule has 1 atom stereocenters. The highest BCUT2D eigenvalue weighted by Crippen LogP contribution is 2.14. The van der Waals surface area contributed by atoms with E-state index in [1.807, 2.05) is 0 Å². The SMILES string of the molecule is CC(=O)c1cc(C(=O)NCCN2CCCC(C)C2)n(C)c1. The van der Waals surface area contributed by atoms with Crippen LogP contribution in [0.1, 0.15) is 47.5 Å². The minimum atomic E-state index is -0.116. The van der Waals surface area contributed by atoms with E-state index in [-0.39, 0.29) is 11.7 Å². The Morgan fingerprint density at radius 1 is 1.43 bits per heavy atom. The number of likely N-dealkylation sites (tertiary alicyclic amines) is 1. The molecular weight excluding hydrogens is 266 g/mol. The van der Waals surface area contributed by atoms with Crippen LogP contribution in [-0.4, -0.2) is 47.3 Å². The fourth-order valence-electron chi connectivity index (χ4n) is 2.89. The minimum absolute atomic E-state index is 0.0213. The van der Waals surface area contributed by atoms with E-state index in [4.69, 9.17) is 0 Å². The van der Waals surface area contributed by atoms with Gasteiger partial charge < -0.3 is 14.8 Å². The van der Waals surface area contributed by atoms with E-state index in [0.717, 1.165) is 25.6 Å². The first-order valence-electron chi connectivity index (χ1n) is 7.65. The van der Waals surface area contributed by atoms with Crippen LogP contribution in [0, 0.1) is 5.92 Å². The van der Waals surface area contributed by atoms with Crippen molar-refractivity contribution in [1.82, 2.24) is 14.8 Å². The molecule has 0 bridgehead atoms. The maximum Gasteiger partial charge on any atom is 0.267 e. The third-order valence-corrected chi connectivity index (χ3v) is 4.10. The Kier molecular flexibility index (Phi) is 5.17. The molecule has 2 heterocycles. The van der Waals surface area contributed by atoms with Crippen LogP contribution < -0.4 is 5.32 Å². The van der Waals surface area contributed by atoms with Crippen LogP contribution in [0.5, 0.6) is 0 Å². The van der Waals surface area contributed by atoms with Crippen LogP contribution in [0.4, 0.5) is 0 Å². The lowest BCUT2D eigenvalue weighted by atomic mass is 10.0. The molecular formula is C16H25N3O2. The van der Waals surface area contributed by atoms with E-state index in [1.165, 1.54) is 19.8 Å². The predicted octanol–water partition coefficient (Wildman–Crippen LogP) is 1.69. The second-order valence-electron chi connectivity index (χ2n) is 6.09. The summed E-state index contributed by atoms with van der Waals surface area (Å²) in [5, 5.41) is 2.94. The van der Waals surface area contributed by atoms with Gasteiger partial charge in [-0.3, -0.25) is 9.59 Å². The van der Waals surface area contributed by atoms with Crippen molar-refractivity contribution in [1.29, 1.82) is 0 Å². The molecule has 1 aliphatic rings. The minimum Gasteiger partial charge on any atom is -0.349 e. The molecule has 21 heavy (non-hydrogen) atoms. The van der Waals surface area contributed by atoms with Crippen LogP contribution >= 0.6 is 0 Å². The van der Waals surface area contributed by atoms with Crippen molar-refractivity contribution >= 4 is 11.7 Å². The number of carbonyl (C=O) groups is 2. The first-order chi connectivity index (χ1) is 9.97. The Hall–Kier alpha value is -1.62. The topological polar surface area (TPSA) is 54.3 Å². The summed E-state index contributed by atoms with van der Waals surface area (Å²) in [6.45, 7) is 7.56. The number of aromatic nitrogens is 1. The van der Waals surface area contributed by atoms with Gasteiger partial charge in [-0.05, 0) is 38.3 Å². The normalized spacial score (nSPS) is 19.5. The fraction of sp³-hybridized carbons (Fsp3) is 0.625. The Morgan fingerprint density at radius 3 is 2.81 bits per heavy atom. The van der Waals surface area contributed by atoms with Crippen molar-refractivity contribution in [2.75, 3.05) is 26.2 Å². The second-order valence-corrected chi connectivity index (χ2v) is 6.09. The molecule has 5 heteroatoms. The van der Waals surface area contributed by atoms with Crippen molar-refractivity contribution in [3.05, 3.63) is 23.5 Å². The summed E-state index contributed by atoms with van der Waals surface area (Å²) in [5.41, 5.74) is 1.11. The molecule has 1 aliphatic heterocycles. The summed E-state index contributed by atoms with van der Waals surface area (Å²) in [4.78, 5) is 25.9. The van der Waals surface area contributed by atoms with E-state index >= 15 is 0 Å². The van der Waals surface area contributed by atoms with Crippen molar-refractivity contribution < 1.29 is 9.59 Å². The van der Waals surface area contributed by atoms with Gasteiger partial charge in [0.2, 0.25) is 0 Å². The van der Waals surface area contributed by atoms with Gasteiger partial charge in [-0.1, -0.05) is 6.92 Å². The van der Waals surface area contributed by atoms with E-state index in [0.29, 0.717) is 17.8 Å². The van der Waals surface area contributed by atoms with Crippen LogP contribution in [-0.2, 0) is 7.05 Å². The lowest BCUT2D eigenvalue weighted by Crippen LogP contribution is -2.40. The number of rotatable bonds is 5. The van der Waals surface area contributed by atoms with E-state index in [9.17, 15) is 9.59 Å². The molecule has 5 nitrogen and oxygen atoms in total. The number of aryl methyl sites for hydroxylation is 1. The van der Waals surface area contributed by atoms with Gasteiger partial charge in [-0.2, -0.15) is 0 Å². The molecule has 1 N–H and O–H groups in total. The molecule has 116 valence electrons. The van der Waals surface area contributed by atoms with Gasteiger partial charge in [0.05, 0.1) is 0 Å². The highest BCUT2D eigenvalue weighted by molar-refractivity contribution is 5.99. The molecule has 1 aromatic rings. The van der Waals surface area contributed by atoms with Crippen LogP contribution in [0.15, 0.2) is 12.3 Å². The third-order valence-electron chi connectivity index (χ3n) is 4.10. The van der Waals surface area contributed by atoms with Crippen molar-refractivity contribution in [3.63, 3.8) is 0 Å². The molecule has 1 aromatic heterocycles. The van der Waals surface area contributed by atoms with Crippen LogP contribution in [0.2, 0.25) is 0 Å². The van der Waals surface area contributed by atoms with E-state index in [1.54, 1.807) is 23.9 Å². The van der Waals surface area contributed by atoms with Gasteiger partial charge in [0, 0.05) is 38.4 Å². The molecule has 0 saturated carbocycles. The van der Waals surface area contributed by atoms with Crippen LogP contribution in [0.3, 0.4) is 0 Å². The number of amides is 1. The molecule has 0 aromatic carbocycles. The average molecular weight is 291 g/mol. The summed E-state index contributed by atoms with van der Waals surface area (Å²) in [7, 11) is 1.79. The zero-order chi connectivity index (χ0) is 15.4. The highest BCUT2D eigenvalue weighted by atomic mass is 16.2. The summed E-state index contributed by atoms with van der Waals surface area (Å²) < 4.78 is 1.70. The van der Waals surface area contributed by atoms with Gasteiger partial charge in [-0.15, -0.1) is 0 Å². The standard InChI is InChI=1S/C16H25N3O2/c1-12-5-4-7-19(10-12)8-6-17-16(21)15-9-14(13(2)20)11-18(15)3/h9,11-12H,4-8,10H2,1-3H3,(H,17,21). The van der Waals surface area contributed by atoms with Gasteiger partial charge in [-0.25, -0.2) is 0 Å². The molecule has 0 aliphatic carbocycles. The van der Waals surface area contributed by atoms with Gasteiger partial charge in [0.15, 0.2) is 5.78 Å². The second kappa shape index (κ2) is 6.89. The Labute approximate surface area is 126 Å². The fourth-order valence-corrected chi connectivity index (χ4v) is 2.89. The first kappa shape index (κ1) is 15.8.